The minimum absolute atomic E-state index is 0.0147. The molecule has 0 saturated carbocycles. The maximum Gasteiger partial charge on any atom is 0.141 e. The highest BCUT2D eigenvalue weighted by Crippen LogP contribution is 2.10. The summed E-state index contributed by atoms with van der Waals surface area (Å²) >= 11 is 0. The number of rotatable bonds is 7. The Bertz CT molecular complexity index is 360. The quantitative estimate of drug-likeness (QED) is 0.732. The smallest absolute Gasteiger partial charge is 0.141 e. The van der Waals surface area contributed by atoms with Gasteiger partial charge in [-0.3, -0.25) is 9.48 Å². The Morgan fingerprint density at radius 1 is 1.53 bits per heavy atom. The van der Waals surface area contributed by atoms with E-state index < -0.39 is 0 Å². The van der Waals surface area contributed by atoms with Crippen LogP contribution in [0.1, 0.15) is 45.3 Å². The van der Waals surface area contributed by atoms with Crippen molar-refractivity contribution in [3.05, 3.63) is 18.0 Å². The van der Waals surface area contributed by atoms with Gasteiger partial charge in [-0.1, -0.05) is 6.92 Å². The molecule has 1 rings (SSSR count). The molecule has 0 saturated heterocycles. The van der Waals surface area contributed by atoms with Crippen LogP contribution in [0.15, 0.2) is 12.3 Å². The lowest BCUT2D eigenvalue weighted by atomic mass is 10.1. The average molecular weight is 238 g/mol. The number of hydrogen-bond donors (Lipinski definition) is 0. The molecule has 4 nitrogen and oxygen atoms in total. The van der Waals surface area contributed by atoms with Gasteiger partial charge in [0, 0.05) is 25.8 Å². The van der Waals surface area contributed by atoms with Gasteiger partial charge < -0.3 is 4.74 Å². The second-order valence-electron chi connectivity index (χ2n) is 4.51. The zero-order chi connectivity index (χ0) is 12.8. The van der Waals surface area contributed by atoms with Crippen molar-refractivity contribution < 1.29 is 9.53 Å². The minimum Gasteiger partial charge on any atom is -0.381 e. The van der Waals surface area contributed by atoms with Gasteiger partial charge in [0.05, 0.1) is 18.2 Å². The molecule has 0 aromatic carbocycles. The third-order valence-corrected chi connectivity index (χ3v) is 3.00. The van der Waals surface area contributed by atoms with E-state index in [4.69, 9.17) is 4.74 Å². The lowest BCUT2D eigenvalue weighted by Gasteiger charge is -2.08. The number of methoxy groups -OCH3 is 1. The maximum atomic E-state index is 11.7. The fraction of sp³-hybridized carbons (Fsp3) is 0.692. The van der Waals surface area contributed by atoms with Gasteiger partial charge in [0.15, 0.2) is 0 Å². The second kappa shape index (κ2) is 6.55. The molecule has 4 heteroatoms. The molecule has 0 aliphatic carbocycles. The summed E-state index contributed by atoms with van der Waals surface area (Å²) in [5.74, 6) is 0.175. The summed E-state index contributed by atoms with van der Waals surface area (Å²) in [6.07, 6.45) is 3.81. The minimum atomic E-state index is -0.0147. The van der Waals surface area contributed by atoms with Crippen molar-refractivity contribution in [2.75, 3.05) is 7.11 Å². The SMILES string of the molecule is CCC(C)n1ccc(CC(=O)CC(C)OC)n1. The van der Waals surface area contributed by atoms with Crippen LogP contribution in [0.2, 0.25) is 0 Å². The van der Waals surface area contributed by atoms with Gasteiger partial charge in [-0.15, -0.1) is 0 Å². The first-order valence-corrected chi connectivity index (χ1v) is 6.15. The summed E-state index contributed by atoms with van der Waals surface area (Å²) < 4.78 is 6.99. The molecule has 1 aromatic heterocycles. The lowest BCUT2D eigenvalue weighted by Crippen LogP contribution is -2.14. The first kappa shape index (κ1) is 13.9. The van der Waals surface area contributed by atoms with Crippen molar-refractivity contribution in [1.29, 1.82) is 0 Å². The fourth-order valence-electron chi connectivity index (χ4n) is 1.58. The van der Waals surface area contributed by atoms with Crippen molar-refractivity contribution in [3.8, 4) is 0 Å². The molecule has 1 heterocycles. The number of ketones is 1. The topological polar surface area (TPSA) is 44.1 Å². The van der Waals surface area contributed by atoms with Crippen LogP contribution in [-0.4, -0.2) is 28.8 Å². The van der Waals surface area contributed by atoms with Crippen molar-refractivity contribution in [2.45, 2.75) is 52.2 Å². The molecule has 2 unspecified atom stereocenters. The Balaban J connectivity index is 2.51. The zero-order valence-electron chi connectivity index (χ0n) is 11.1. The monoisotopic (exact) mass is 238 g/mol. The van der Waals surface area contributed by atoms with Gasteiger partial charge in [0.2, 0.25) is 0 Å². The molecule has 2 atom stereocenters. The maximum absolute atomic E-state index is 11.7. The van der Waals surface area contributed by atoms with Crippen molar-refractivity contribution in [1.82, 2.24) is 9.78 Å². The normalized spacial score (nSPS) is 14.6. The molecular formula is C13H22N2O2. The summed E-state index contributed by atoms with van der Waals surface area (Å²) in [4.78, 5) is 11.7. The predicted molar refractivity (Wildman–Crippen MR) is 67.0 cm³/mol. The van der Waals surface area contributed by atoms with Gasteiger partial charge in [0.1, 0.15) is 5.78 Å². The molecule has 1 aromatic rings. The van der Waals surface area contributed by atoms with Crippen LogP contribution in [-0.2, 0) is 16.0 Å². The Hall–Kier alpha value is -1.16. The van der Waals surface area contributed by atoms with Gasteiger partial charge in [0.25, 0.3) is 0 Å². The lowest BCUT2D eigenvalue weighted by molar-refractivity contribution is -0.120. The second-order valence-corrected chi connectivity index (χ2v) is 4.51. The van der Waals surface area contributed by atoms with E-state index in [1.807, 2.05) is 23.9 Å². The summed E-state index contributed by atoms with van der Waals surface area (Å²) in [6.45, 7) is 6.14. The molecular weight excluding hydrogens is 216 g/mol. The Morgan fingerprint density at radius 2 is 2.24 bits per heavy atom. The van der Waals surface area contributed by atoms with Crippen molar-refractivity contribution >= 4 is 5.78 Å². The Labute approximate surface area is 103 Å². The van der Waals surface area contributed by atoms with E-state index in [9.17, 15) is 4.79 Å². The third-order valence-electron chi connectivity index (χ3n) is 3.00. The number of carbonyl (C=O) groups is 1. The van der Waals surface area contributed by atoms with E-state index in [-0.39, 0.29) is 11.9 Å². The largest absolute Gasteiger partial charge is 0.381 e. The highest BCUT2D eigenvalue weighted by atomic mass is 16.5. The van der Waals surface area contributed by atoms with Crippen LogP contribution in [0.3, 0.4) is 0 Å². The molecule has 0 amide bonds. The molecule has 0 aliphatic heterocycles. The fourth-order valence-corrected chi connectivity index (χ4v) is 1.58. The Kier molecular flexibility index (Phi) is 5.35. The van der Waals surface area contributed by atoms with E-state index in [1.54, 1.807) is 7.11 Å². The van der Waals surface area contributed by atoms with E-state index >= 15 is 0 Å². The number of ether oxygens (including phenoxy) is 1. The van der Waals surface area contributed by atoms with Crippen molar-refractivity contribution in [2.24, 2.45) is 0 Å². The standard InChI is InChI=1S/C13H22N2O2/c1-5-10(2)15-7-6-12(14-15)9-13(16)8-11(3)17-4/h6-7,10-11H,5,8-9H2,1-4H3. The molecule has 0 fully saturated rings. The zero-order valence-corrected chi connectivity index (χ0v) is 11.1. The highest BCUT2D eigenvalue weighted by molar-refractivity contribution is 5.80. The molecule has 0 radical (unpaired) electrons. The van der Waals surface area contributed by atoms with E-state index in [2.05, 4.69) is 18.9 Å². The van der Waals surface area contributed by atoms with Gasteiger partial charge >= 0.3 is 0 Å². The number of carbonyl (C=O) groups excluding carboxylic acids is 1. The van der Waals surface area contributed by atoms with Gasteiger partial charge in [-0.2, -0.15) is 5.10 Å². The average Bonchev–Trinajstić information content (AvgIpc) is 2.76. The van der Waals surface area contributed by atoms with Crippen LogP contribution in [0.5, 0.6) is 0 Å². The van der Waals surface area contributed by atoms with E-state index in [0.717, 1.165) is 12.1 Å². The number of hydrogen-bond acceptors (Lipinski definition) is 3. The van der Waals surface area contributed by atoms with Crippen LogP contribution < -0.4 is 0 Å². The van der Waals surface area contributed by atoms with Crippen LogP contribution >= 0.6 is 0 Å². The third kappa shape index (κ3) is 4.30. The Morgan fingerprint density at radius 3 is 2.82 bits per heavy atom. The summed E-state index contributed by atoms with van der Waals surface area (Å²) in [5.41, 5.74) is 0.846. The first-order valence-electron chi connectivity index (χ1n) is 6.15. The first-order chi connectivity index (χ1) is 8.06. The van der Waals surface area contributed by atoms with E-state index in [0.29, 0.717) is 18.9 Å². The molecule has 0 aliphatic rings. The van der Waals surface area contributed by atoms with Crippen LogP contribution in [0, 0.1) is 0 Å². The van der Waals surface area contributed by atoms with Crippen molar-refractivity contribution in [3.63, 3.8) is 0 Å². The molecule has 0 bridgehead atoms. The number of aromatic nitrogens is 2. The molecule has 0 spiro atoms. The predicted octanol–water partition coefficient (Wildman–Crippen LogP) is 2.39. The summed E-state index contributed by atoms with van der Waals surface area (Å²) in [5, 5.41) is 4.41. The van der Waals surface area contributed by atoms with Crippen LogP contribution in [0.4, 0.5) is 0 Å². The summed E-state index contributed by atoms with van der Waals surface area (Å²) in [6, 6.07) is 2.30. The summed E-state index contributed by atoms with van der Waals surface area (Å²) in [7, 11) is 1.62. The van der Waals surface area contributed by atoms with Gasteiger partial charge in [-0.25, -0.2) is 0 Å². The molecule has 17 heavy (non-hydrogen) atoms. The highest BCUT2D eigenvalue weighted by Gasteiger charge is 2.11. The van der Waals surface area contributed by atoms with Crippen LogP contribution in [0.25, 0.3) is 0 Å². The number of nitrogens with zero attached hydrogens (tertiary/aromatic N) is 2. The van der Waals surface area contributed by atoms with E-state index in [1.165, 1.54) is 0 Å². The molecule has 96 valence electrons. The number of Topliss-reactive ketones (excluding diaryl/α,β-unsaturated/α-hetero) is 1. The van der Waals surface area contributed by atoms with Gasteiger partial charge in [-0.05, 0) is 26.3 Å². The molecule has 0 N–H and O–H groups in total.